The van der Waals surface area contributed by atoms with E-state index in [9.17, 15) is 0 Å². The molecule has 2 aromatic rings. The lowest BCUT2D eigenvalue weighted by Crippen LogP contribution is -2.20. The van der Waals surface area contributed by atoms with Gasteiger partial charge in [-0.2, -0.15) is 0 Å². The van der Waals surface area contributed by atoms with Crippen molar-refractivity contribution in [1.29, 1.82) is 0 Å². The molecule has 1 nitrogen and oxygen atoms in total. The van der Waals surface area contributed by atoms with Crippen LogP contribution in [0.4, 0.5) is 0 Å². The largest absolute Gasteiger partial charge is 0.313 e. The summed E-state index contributed by atoms with van der Waals surface area (Å²) in [7, 11) is 1.99. The highest BCUT2D eigenvalue weighted by Gasteiger charge is 2.14. The van der Waals surface area contributed by atoms with Crippen LogP contribution in [-0.4, -0.2) is 7.05 Å². The van der Waals surface area contributed by atoms with Crippen LogP contribution in [0.25, 0.3) is 0 Å². The van der Waals surface area contributed by atoms with Crippen molar-refractivity contribution >= 4 is 39.1 Å². The second-order valence-corrected chi connectivity index (χ2v) is 6.92. The van der Waals surface area contributed by atoms with Crippen molar-refractivity contribution in [2.45, 2.75) is 26.3 Å². The number of hydrogen-bond acceptors (Lipinski definition) is 1. The molecule has 0 fully saturated rings. The molecule has 0 heterocycles. The molecule has 0 spiro atoms. The lowest BCUT2D eigenvalue weighted by Gasteiger charge is -2.20. The van der Waals surface area contributed by atoms with Crippen LogP contribution >= 0.6 is 39.1 Å². The van der Waals surface area contributed by atoms with Crippen molar-refractivity contribution in [2.75, 3.05) is 7.05 Å². The normalized spacial score (nSPS) is 12.5. The minimum absolute atomic E-state index is 0.244. The summed E-state index contributed by atoms with van der Waals surface area (Å²) in [5.74, 6) is 0. The number of nitrogens with one attached hydrogen (secondary N) is 1. The van der Waals surface area contributed by atoms with Crippen molar-refractivity contribution in [3.8, 4) is 0 Å². The van der Waals surface area contributed by atoms with Gasteiger partial charge in [-0.15, -0.1) is 0 Å². The molecule has 1 atom stereocenters. The maximum Gasteiger partial charge on any atom is 0.0595 e. The van der Waals surface area contributed by atoms with Crippen LogP contribution < -0.4 is 5.32 Å². The molecule has 0 aliphatic heterocycles. The van der Waals surface area contributed by atoms with Crippen LogP contribution in [0.15, 0.2) is 34.8 Å². The monoisotopic (exact) mass is 385 g/mol. The lowest BCUT2D eigenvalue weighted by molar-refractivity contribution is 0.588. The van der Waals surface area contributed by atoms with E-state index in [4.69, 9.17) is 23.2 Å². The van der Waals surface area contributed by atoms with Crippen LogP contribution in [0.1, 0.15) is 28.3 Å². The minimum Gasteiger partial charge on any atom is -0.313 e. The first-order valence-corrected chi connectivity index (χ1v) is 8.35. The fourth-order valence-electron chi connectivity index (χ4n) is 2.45. The van der Waals surface area contributed by atoms with Gasteiger partial charge in [-0.1, -0.05) is 51.3 Å². The standard InChI is InChI=1S/C17H18BrCl2N/c1-10-7-14(18)11(2)6-13(10)17(21-3)9-12-4-5-15(19)16(20)8-12/h4-8,17,21H,9H2,1-3H3. The van der Waals surface area contributed by atoms with Gasteiger partial charge in [0.15, 0.2) is 0 Å². The van der Waals surface area contributed by atoms with Gasteiger partial charge in [0.05, 0.1) is 10.0 Å². The van der Waals surface area contributed by atoms with Crippen LogP contribution in [0, 0.1) is 13.8 Å². The van der Waals surface area contributed by atoms with Crippen LogP contribution in [0.2, 0.25) is 10.0 Å². The second-order valence-electron chi connectivity index (χ2n) is 5.25. The zero-order valence-electron chi connectivity index (χ0n) is 12.3. The van der Waals surface area contributed by atoms with Crippen molar-refractivity contribution in [1.82, 2.24) is 5.32 Å². The summed E-state index contributed by atoms with van der Waals surface area (Å²) in [6, 6.07) is 10.5. The van der Waals surface area contributed by atoms with E-state index in [0.717, 1.165) is 10.9 Å². The van der Waals surface area contributed by atoms with Crippen LogP contribution in [0.3, 0.4) is 0 Å². The smallest absolute Gasteiger partial charge is 0.0595 e. The number of rotatable bonds is 4. The van der Waals surface area contributed by atoms with Gasteiger partial charge in [-0.05, 0) is 67.8 Å². The third-order valence-electron chi connectivity index (χ3n) is 3.70. The van der Waals surface area contributed by atoms with Crippen LogP contribution in [-0.2, 0) is 6.42 Å². The Morgan fingerprint density at radius 2 is 1.76 bits per heavy atom. The molecule has 0 aliphatic carbocycles. The molecule has 0 saturated heterocycles. The Morgan fingerprint density at radius 1 is 1.05 bits per heavy atom. The van der Waals surface area contributed by atoms with Gasteiger partial charge < -0.3 is 5.32 Å². The summed E-state index contributed by atoms with van der Waals surface area (Å²) in [6.07, 6.45) is 0.870. The van der Waals surface area contributed by atoms with E-state index in [0.29, 0.717) is 10.0 Å². The average molecular weight is 387 g/mol. The molecule has 0 amide bonds. The Balaban J connectivity index is 2.31. The average Bonchev–Trinajstić information content (AvgIpc) is 2.44. The summed E-state index contributed by atoms with van der Waals surface area (Å²) in [4.78, 5) is 0. The van der Waals surface area contributed by atoms with Gasteiger partial charge in [0.1, 0.15) is 0 Å². The summed E-state index contributed by atoms with van der Waals surface area (Å²) < 4.78 is 1.15. The topological polar surface area (TPSA) is 12.0 Å². The Bertz CT molecular complexity index is 655. The van der Waals surface area contributed by atoms with E-state index >= 15 is 0 Å². The molecule has 0 bridgehead atoms. The van der Waals surface area contributed by atoms with E-state index in [-0.39, 0.29) is 6.04 Å². The Kier molecular flexibility index (Phi) is 5.73. The van der Waals surface area contributed by atoms with E-state index in [2.05, 4.69) is 47.2 Å². The molecule has 4 heteroatoms. The van der Waals surface area contributed by atoms with Crippen molar-refractivity contribution in [3.63, 3.8) is 0 Å². The van der Waals surface area contributed by atoms with E-state index in [1.54, 1.807) is 0 Å². The quantitative estimate of drug-likeness (QED) is 0.692. The van der Waals surface area contributed by atoms with Gasteiger partial charge in [-0.3, -0.25) is 0 Å². The third kappa shape index (κ3) is 4.01. The van der Waals surface area contributed by atoms with E-state index in [1.807, 2.05) is 25.2 Å². The fourth-order valence-corrected chi connectivity index (χ4v) is 3.23. The van der Waals surface area contributed by atoms with E-state index in [1.165, 1.54) is 22.3 Å². The molecule has 0 aliphatic rings. The number of benzene rings is 2. The predicted molar refractivity (Wildman–Crippen MR) is 95.6 cm³/mol. The van der Waals surface area contributed by atoms with Crippen LogP contribution in [0.5, 0.6) is 0 Å². The van der Waals surface area contributed by atoms with Gasteiger partial charge in [0, 0.05) is 10.5 Å². The molecular formula is C17H18BrCl2N. The van der Waals surface area contributed by atoms with Gasteiger partial charge in [0.2, 0.25) is 0 Å². The first kappa shape index (κ1) is 16.8. The highest BCUT2D eigenvalue weighted by molar-refractivity contribution is 9.10. The maximum atomic E-state index is 6.11. The molecule has 0 aromatic heterocycles. The maximum absolute atomic E-state index is 6.11. The first-order chi connectivity index (χ1) is 9.92. The van der Waals surface area contributed by atoms with Crippen molar-refractivity contribution in [2.24, 2.45) is 0 Å². The number of likely N-dealkylation sites (N-methyl/N-ethyl adjacent to an activating group) is 1. The van der Waals surface area contributed by atoms with Crippen molar-refractivity contribution in [3.05, 3.63) is 67.1 Å². The van der Waals surface area contributed by atoms with E-state index < -0.39 is 0 Å². The number of halogens is 3. The molecule has 1 N–H and O–H groups in total. The lowest BCUT2D eigenvalue weighted by atomic mass is 9.94. The molecule has 0 saturated carbocycles. The highest BCUT2D eigenvalue weighted by atomic mass is 79.9. The Labute approximate surface area is 144 Å². The van der Waals surface area contributed by atoms with Crippen molar-refractivity contribution < 1.29 is 0 Å². The zero-order valence-corrected chi connectivity index (χ0v) is 15.4. The summed E-state index contributed by atoms with van der Waals surface area (Å²) >= 11 is 15.7. The molecule has 2 aromatic carbocycles. The SMILES string of the molecule is CNC(Cc1ccc(Cl)c(Cl)c1)c1cc(C)c(Br)cc1C. The second kappa shape index (κ2) is 7.15. The molecule has 0 radical (unpaired) electrons. The summed E-state index contributed by atoms with van der Waals surface area (Å²) in [5.41, 5.74) is 4.99. The fraction of sp³-hybridized carbons (Fsp3) is 0.294. The predicted octanol–water partition coefficient (Wildman–Crippen LogP) is 5.88. The molecule has 112 valence electrons. The summed E-state index contributed by atoms with van der Waals surface area (Å²) in [6.45, 7) is 4.25. The molecule has 21 heavy (non-hydrogen) atoms. The zero-order chi connectivity index (χ0) is 15.6. The van der Waals surface area contributed by atoms with Gasteiger partial charge in [-0.25, -0.2) is 0 Å². The third-order valence-corrected chi connectivity index (χ3v) is 5.29. The Morgan fingerprint density at radius 3 is 2.38 bits per heavy atom. The van der Waals surface area contributed by atoms with Gasteiger partial charge >= 0.3 is 0 Å². The molecule has 2 rings (SSSR count). The number of hydrogen-bond donors (Lipinski definition) is 1. The summed E-state index contributed by atoms with van der Waals surface area (Å²) in [5, 5.41) is 4.60. The molecule has 1 unspecified atom stereocenters. The molecular weight excluding hydrogens is 369 g/mol. The highest BCUT2D eigenvalue weighted by Crippen LogP contribution is 2.29. The van der Waals surface area contributed by atoms with Gasteiger partial charge in [0.25, 0.3) is 0 Å². The Hall–Kier alpha value is -0.540. The first-order valence-electron chi connectivity index (χ1n) is 6.80. The minimum atomic E-state index is 0.244. The number of aryl methyl sites for hydroxylation is 2.